The zero-order chi connectivity index (χ0) is 18.1. The van der Waals surface area contributed by atoms with Gasteiger partial charge in [-0.15, -0.1) is 0 Å². The van der Waals surface area contributed by atoms with Crippen molar-refractivity contribution in [3.05, 3.63) is 64.0 Å². The quantitative estimate of drug-likeness (QED) is 0.846. The normalized spacial score (nSPS) is 27.3. The number of nitrogens with one attached hydrogen (secondary N) is 1. The maximum absolute atomic E-state index is 13.4. The molecule has 0 saturated heterocycles. The lowest BCUT2D eigenvalue weighted by Crippen LogP contribution is -2.41. The lowest BCUT2D eigenvalue weighted by molar-refractivity contribution is -0.118. The van der Waals surface area contributed by atoms with Crippen LogP contribution in [0.15, 0.2) is 41.5 Å². The summed E-state index contributed by atoms with van der Waals surface area (Å²) >= 11 is 0. The molecule has 0 aliphatic heterocycles. The molecule has 1 N–H and O–H groups in total. The Morgan fingerprint density at radius 1 is 1.08 bits per heavy atom. The highest BCUT2D eigenvalue weighted by atomic mass is 16.1. The van der Waals surface area contributed by atoms with Gasteiger partial charge in [-0.3, -0.25) is 9.89 Å². The third-order valence-electron chi connectivity index (χ3n) is 6.54. The molecule has 0 radical (unpaired) electrons. The highest BCUT2D eigenvalue weighted by molar-refractivity contribution is 6.01. The first-order valence-electron chi connectivity index (χ1n) is 9.79. The predicted octanol–water partition coefficient (Wildman–Crippen LogP) is 4.83. The van der Waals surface area contributed by atoms with Crippen molar-refractivity contribution >= 4 is 5.78 Å². The van der Waals surface area contributed by atoms with Crippen LogP contribution >= 0.6 is 0 Å². The maximum Gasteiger partial charge on any atom is 0.160 e. The minimum Gasteiger partial charge on any atom is -0.294 e. The number of rotatable bonds is 2. The van der Waals surface area contributed by atoms with Gasteiger partial charge in [0.1, 0.15) is 0 Å². The number of allylic oxidation sites excluding steroid dienone is 2. The summed E-state index contributed by atoms with van der Waals surface area (Å²) in [7, 11) is 0. The first-order chi connectivity index (χ1) is 12.4. The largest absolute Gasteiger partial charge is 0.294 e. The Balaban J connectivity index is 1.79. The Bertz CT molecular complexity index is 930. The minimum atomic E-state index is -0.386. The fraction of sp³-hybridized carbons (Fsp3) is 0.478. The second-order valence-electron chi connectivity index (χ2n) is 9.32. The molecular formula is C23H26N2O. The van der Waals surface area contributed by atoms with Crippen LogP contribution in [0.2, 0.25) is 0 Å². The number of aromatic nitrogens is 2. The number of hydrogen-bond acceptors (Lipinski definition) is 2. The van der Waals surface area contributed by atoms with Gasteiger partial charge in [-0.2, -0.15) is 5.10 Å². The average Bonchev–Trinajstić information content (AvgIpc) is 3.34. The van der Waals surface area contributed by atoms with Crippen LogP contribution in [0, 0.1) is 5.41 Å². The van der Waals surface area contributed by atoms with Crippen molar-refractivity contribution in [1.29, 1.82) is 0 Å². The number of ketones is 1. The molecule has 3 nitrogen and oxygen atoms in total. The van der Waals surface area contributed by atoms with Gasteiger partial charge in [0.25, 0.3) is 0 Å². The lowest BCUT2D eigenvalue weighted by atomic mass is 9.58. The Morgan fingerprint density at radius 3 is 2.50 bits per heavy atom. The first kappa shape index (κ1) is 16.0. The molecule has 1 saturated carbocycles. The molecule has 0 amide bonds. The molecule has 0 bridgehead atoms. The molecule has 1 atom stereocenters. The van der Waals surface area contributed by atoms with Crippen molar-refractivity contribution in [2.75, 3.05) is 0 Å². The number of fused-ring (bicyclic) bond motifs is 1. The summed E-state index contributed by atoms with van der Waals surface area (Å²) in [6, 6.07) is 10.6. The van der Waals surface area contributed by atoms with E-state index in [-0.39, 0.29) is 10.8 Å². The van der Waals surface area contributed by atoms with E-state index in [0.717, 1.165) is 18.4 Å². The van der Waals surface area contributed by atoms with Gasteiger partial charge in [-0.1, -0.05) is 49.8 Å². The van der Waals surface area contributed by atoms with Crippen LogP contribution in [-0.2, 0) is 16.6 Å². The molecule has 1 aromatic carbocycles. The summed E-state index contributed by atoms with van der Waals surface area (Å²) in [4.78, 5) is 13.4. The van der Waals surface area contributed by atoms with Gasteiger partial charge in [0.2, 0.25) is 0 Å². The number of benzene rings is 1. The van der Waals surface area contributed by atoms with E-state index in [0.29, 0.717) is 18.1 Å². The van der Waals surface area contributed by atoms with E-state index in [1.807, 2.05) is 0 Å². The monoisotopic (exact) mass is 346 g/mol. The SMILES string of the molecule is CC1(C)CC(=O)C2=C(Cc3[nH]nc(C4CC4)c3[C@]2(C)c2ccccc2)C1. The van der Waals surface area contributed by atoms with Gasteiger partial charge in [0.15, 0.2) is 5.78 Å². The highest BCUT2D eigenvalue weighted by Crippen LogP contribution is 2.55. The summed E-state index contributed by atoms with van der Waals surface area (Å²) in [6.45, 7) is 6.69. The van der Waals surface area contributed by atoms with E-state index in [2.05, 4.69) is 56.2 Å². The van der Waals surface area contributed by atoms with Crippen LogP contribution in [-0.4, -0.2) is 16.0 Å². The topological polar surface area (TPSA) is 45.8 Å². The molecular weight excluding hydrogens is 320 g/mol. The second-order valence-corrected chi connectivity index (χ2v) is 9.32. The summed E-state index contributed by atoms with van der Waals surface area (Å²) in [6.07, 6.45) is 4.92. The van der Waals surface area contributed by atoms with Gasteiger partial charge in [-0.05, 0) is 37.2 Å². The Hall–Kier alpha value is -2.16. The number of H-pyrrole nitrogens is 1. The zero-order valence-electron chi connectivity index (χ0n) is 15.9. The number of carbonyl (C=O) groups is 1. The molecule has 134 valence electrons. The number of aromatic amines is 1. The van der Waals surface area contributed by atoms with Gasteiger partial charge in [-0.25, -0.2) is 0 Å². The molecule has 5 rings (SSSR count). The van der Waals surface area contributed by atoms with E-state index in [9.17, 15) is 4.79 Å². The zero-order valence-corrected chi connectivity index (χ0v) is 15.9. The fourth-order valence-electron chi connectivity index (χ4n) is 5.36. The van der Waals surface area contributed by atoms with E-state index in [1.165, 1.54) is 40.9 Å². The summed E-state index contributed by atoms with van der Waals surface area (Å²) in [5.74, 6) is 0.895. The molecule has 1 aromatic heterocycles. The van der Waals surface area contributed by atoms with Crippen molar-refractivity contribution < 1.29 is 4.79 Å². The van der Waals surface area contributed by atoms with Gasteiger partial charge >= 0.3 is 0 Å². The van der Waals surface area contributed by atoms with Crippen molar-refractivity contribution in [1.82, 2.24) is 10.2 Å². The third kappa shape index (κ3) is 2.19. The van der Waals surface area contributed by atoms with Gasteiger partial charge < -0.3 is 0 Å². The summed E-state index contributed by atoms with van der Waals surface area (Å²) < 4.78 is 0. The van der Waals surface area contributed by atoms with Crippen LogP contribution in [0.5, 0.6) is 0 Å². The van der Waals surface area contributed by atoms with Crippen molar-refractivity contribution in [2.24, 2.45) is 5.41 Å². The average molecular weight is 346 g/mol. The van der Waals surface area contributed by atoms with E-state index in [4.69, 9.17) is 5.10 Å². The maximum atomic E-state index is 13.4. The Labute approximate surface area is 154 Å². The smallest absolute Gasteiger partial charge is 0.160 e. The van der Waals surface area contributed by atoms with Crippen LogP contribution in [0.4, 0.5) is 0 Å². The van der Waals surface area contributed by atoms with Crippen LogP contribution in [0.1, 0.15) is 74.9 Å². The van der Waals surface area contributed by atoms with Crippen LogP contribution < -0.4 is 0 Å². The Morgan fingerprint density at radius 2 is 1.81 bits per heavy atom. The molecule has 3 aliphatic rings. The highest BCUT2D eigenvalue weighted by Gasteiger charge is 2.50. The van der Waals surface area contributed by atoms with E-state index in [1.54, 1.807) is 0 Å². The van der Waals surface area contributed by atoms with Crippen LogP contribution in [0.25, 0.3) is 0 Å². The number of Topliss-reactive ketones (excluding diaryl/α,β-unsaturated/α-hetero) is 1. The molecule has 3 aliphatic carbocycles. The molecule has 1 heterocycles. The van der Waals surface area contributed by atoms with Crippen molar-refractivity contribution in [3.63, 3.8) is 0 Å². The number of nitrogens with zero attached hydrogens (tertiary/aromatic N) is 1. The number of carbonyl (C=O) groups excluding carboxylic acids is 1. The summed E-state index contributed by atoms with van der Waals surface area (Å²) in [5.41, 5.74) is 6.96. The first-order valence-corrected chi connectivity index (χ1v) is 9.79. The molecule has 1 fully saturated rings. The standard InChI is InChI=1S/C23H26N2O/c1-22(2)12-15-11-17-20(21(25-24-17)14-9-10-14)23(3,19(15)18(26)13-22)16-7-5-4-6-8-16/h4-8,14H,9-13H2,1-3H3,(H,24,25)/t23-/m1/s1. The van der Waals surface area contributed by atoms with Crippen molar-refractivity contribution in [2.45, 2.75) is 64.2 Å². The van der Waals surface area contributed by atoms with Gasteiger partial charge in [0, 0.05) is 41.0 Å². The minimum absolute atomic E-state index is 0.0460. The molecule has 0 spiro atoms. The second kappa shape index (κ2) is 5.18. The molecule has 0 unspecified atom stereocenters. The Kier molecular flexibility index (Phi) is 3.20. The molecule has 2 aromatic rings. The third-order valence-corrected chi connectivity index (χ3v) is 6.54. The van der Waals surface area contributed by atoms with E-state index < -0.39 is 0 Å². The fourth-order valence-corrected chi connectivity index (χ4v) is 5.36. The number of hydrogen-bond donors (Lipinski definition) is 1. The van der Waals surface area contributed by atoms with E-state index >= 15 is 0 Å². The molecule has 26 heavy (non-hydrogen) atoms. The van der Waals surface area contributed by atoms with Gasteiger partial charge in [0.05, 0.1) is 5.69 Å². The lowest BCUT2D eigenvalue weighted by Gasteiger charge is -2.44. The van der Waals surface area contributed by atoms with Crippen LogP contribution in [0.3, 0.4) is 0 Å². The predicted molar refractivity (Wildman–Crippen MR) is 102 cm³/mol. The summed E-state index contributed by atoms with van der Waals surface area (Å²) in [5, 5.41) is 8.09. The molecule has 3 heteroatoms. The van der Waals surface area contributed by atoms with Crippen molar-refractivity contribution in [3.8, 4) is 0 Å².